The van der Waals surface area contributed by atoms with Gasteiger partial charge in [-0.05, 0) is 92.8 Å². The molecule has 2 fully saturated rings. The third-order valence-corrected chi connectivity index (χ3v) is 10.8. The standard InChI is InChI=1S/C30H46O3/c1-18(9-8-10-19(2)27(32)33)21-13-15-30(7)22-11-12-24-28(4,5)25(31)14-16-29(24,6)23(22)17-20(3)26(21)30/h10-11,18,20,23-25,31H,8-9,12-17H2,1-7H3,(H,32,33)/b19-10-/t18-,20?,23?,24?,25-,29?,30+/m1/s1. The summed E-state index contributed by atoms with van der Waals surface area (Å²) < 4.78 is 0. The van der Waals surface area contributed by atoms with E-state index in [1.54, 1.807) is 23.6 Å². The minimum absolute atomic E-state index is 0.0216. The average Bonchev–Trinajstić information content (AvgIpc) is 3.11. The smallest absolute Gasteiger partial charge is 0.330 e. The number of carboxylic acids is 1. The van der Waals surface area contributed by atoms with E-state index in [1.807, 2.05) is 6.08 Å². The number of aliphatic carboxylic acids is 1. The van der Waals surface area contributed by atoms with Gasteiger partial charge in [0.25, 0.3) is 0 Å². The Hall–Kier alpha value is -1.35. The zero-order chi connectivity index (χ0) is 24.3. The Morgan fingerprint density at radius 3 is 2.61 bits per heavy atom. The zero-order valence-corrected chi connectivity index (χ0v) is 22.0. The van der Waals surface area contributed by atoms with Gasteiger partial charge in [-0.1, -0.05) is 70.4 Å². The van der Waals surface area contributed by atoms with Crippen molar-refractivity contribution in [1.82, 2.24) is 0 Å². The number of carboxylic acid groups (broad SMARTS) is 1. The number of carbonyl (C=O) groups is 1. The van der Waals surface area contributed by atoms with E-state index in [2.05, 4.69) is 47.6 Å². The topological polar surface area (TPSA) is 57.5 Å². The fourth-order valence-electron chi connectivity index (χ4n) is 8.78. The van der Waals surface area contributed by atoms with E-state index in [1.165, 1.54) is 19.3 Å². The first kappa shape index (κ1) is 24.8. The van der Waals surface area contributed by atoms with Crippen LogP contribution >= 0.6 is 0 Å². The maximum atomic E-state index is 11.1. The molecule has 0 bridgehead atoms. The van der Waals surface area contributed by atoms with Gasteiger partial charge < -0.3 is 10.2 Å². The van der Waals surface area contributed by atoms with Crippen LogP contribution in [0.3, 0.4) is 0 Å². The first-order chi connectivity index (χ1) is 15.3. The number of hydrogen-bond acceptors (Lipinski definition) is 2. The summed E-state index contributed by atoms with van der Waals surface area (Å²) in [6.45, 7) is 16.2. The van der Waals surface area contributed by atoms with Crippen LogP contribution in [0, 0.1) is 39.9 Å². The van der Waals surface area contributed by atoms with Gasteiger partial charge in [-0.15, -0.1) is 0 Å². The van der Waals surface area contributed by atoms with E-state index in [0.29, 0.717) is 29.2 Å². The third kappa shape index (κ3) is 3.77. The molecule has 0 radical (unpaired) electrons. The van der Waals surface area contributed by atoms with Gasteiger partial charge in [0.1, 0.15) is 0 Å². The summed E-state index contributed by atoms with van der Waals surface area (Å²) in [6.07, 6.45) is 13.0. The van der Waals surface area contributed by atoms with Crippen molar-refractivity contribution in [2.45, 2.75) is 106 Å². The molecule has 0 aromatic rings. The number of fused-ring (bicyclic) bond motifs is 5. The first-order valence-electron chi connectivity index (χ1n) is 13.4. The second-order valence-electron chi connectivity index (χ2n) is 13.0. The summed E-state index contributed by atoms with van der Waals surface area (Å²) in [5.41, 5.74) is 6.00. The lowest BCUT2D eigenvalue weighted by atomic mass is 9.43. The minimum Gasteiger partial charge on any atom is -0.478 e. The van der Waals surface area contributed by atoms with Gasteiger partial charge in [0.15, 0.2) is 0 Å². The summed E-state index contributed by atoms with van der Waals surface area (Å²) in [4.78, 5) is 11.1. The van der Waals surface area contributed by atoms with Crippen molar-refractivity contribution < 1.29 is 15.0 Å². The predicted molar refractivity (Wildman–Crippen MR) is 135 cm³/mol. The van der Waals surface area contributed by atoms with Crippen LogP contribution in [0.25, 0.3) is 0 Å². The highest BCUT2D eigenvalue weighted by Gasteiger charge is 2.60. The van der Waals surface area contributed by atoms with Crippen LogP contribution in [0.4, 0.5) is 0 Å². The SMILES string of the molecule is C/C(=C/CC[C@@H](C)C1=C2C(C)CC3C(=CCC4C3(C)CC[C@@H](O)C4(C)C)[C@]2(C)CC1)C(=O)O. The van der Waals surface area contributed by atoms with Gasteiger partial charge in [-0.3, -0.25) is 0 Å². The van der Waals surface area contributed by atoms with Crippen molar-refractivity contribution in [2.75, 3.05) is 0 Å². The third-order valence-electron chi connectivity index (χ3n) is 10.8. The van der Waals surface area contributed by atoms with Crippen LogP contribution in [0.5, 0.6) is 0 Å². The van der Waals surface area contributed by atoms with Gasteiger partial charge in [-0.2, -0.15) is 0 Å². The molecule has 0 aliphatic heterocycles. The zero-order valence-electron chi connectivity index (χ0n) is 22.0. The molecule has 7 atom stereocenters. The second kappa shape index (κ2) is 8.40. The molecule has 2 saturated carbocycles. The van der Waals surface area contributed by atoms with E-state index in [-0.39, 0.29) is 22.3 Å². The molecule has 4 rings (SSSR count). The van der Waals surface area contributed by atoms with E-state index in [9.17, 15) is 9.90 Å². The molecule has 3 heteroatoms. The largest absolute Gasteiger partial charge is 0.478 e. The normalized spacial score (nSPS) is 41.1. The highest BCUT2D eigenvalue weighted by molar-refractivity contribution is 5.85. The van der Waals surface area contributed by atoms with Crippen LogP contribution in [-0.4, -0.2) is 22.3 Å². The molecule has 0 heterocycles. The quantitative estimate of drug-likeness (QED) is 0.338. The second-order valence-corrected chi connectivity index (χ2v) is 13.0. The highest BCUT2D eigenvalue weighted by atomic mass is 16.4. The predicted octanol–water partition coefficient (Wildman–Crippen LogP) is 7.32. The Kier molecular flexibility index (Phi) is 6.30. The molecule has 0 aromatic heterocycles. The van der Waals surface area contributed by atoms with E-state index >= 15 is 0 Å². The van der Waals surface area contributed by atoms with Crippen LogP contribution in [0.15, 0.2) is 34.4 Å². The molecule has 0 saturated heterocycles. The van der Waals surface area contributed by atoms with Crippen LogP contribution in [0.1, 0.15) is 99.8 Å². The van der Waals surface area contributed by atoms with Gasteiger partial charge in [0.2, 0.25) is 0 Å². The Bertz CT molecular complexity index is 906. The van der Waals surface area contributed by atoms with Crippen molar-refractivity contribution >= 4 is 5.97 Å². The van der Waals surface area contributed by atoms with E-state index in [0.717, 1.165) is 32.1 Å². The highest BCUT2D eigenvalue weighted by Crippen LogP contribution is 2.69. The summed E-state index contributed by atoms with van der Waals surface area (Å²) in [7, 11) is 0. The van der Waals surface area contributed by atoms with E-state index < -0.39 is 5.97 Å². The summed E-state index contributed by atoms with van der Waals surface area (Å²) in [5, 5.41) is 19.9. The first-order valence-corrected chi connectivity index (χ1v) is 13.4. The number of aliphatic hydroxyl groups excluding tert-OH is 1. The van der Waals surface area contributed by atoms with Crippen LogP contribution < -0.4 is 0 Å². The lowest BCUT2D eigenvalue weighted by molar-refractivity contribution is -0.132. The molecule has 3 nitrogen and oxygen atoms in total. The lowest BCUT2D eigenvalue weighted by Crippen LogP contribution is -2.56. The van der Waals surface area contributed by atoms with Crippen LogP contribution in [0.2, 0.25) is 0 Å². The molecule has 0 aromatic carbocycles. The molecule has 33 heavy (non-hydrogen) atoms. The summed E-state index contributed by atoms with van der Waals surface area (Å²) in [5.74, 6) is 1.48. The van der Waals surface area contributed by atoms with Gasteiger partial charge in [0.05, 0.1) is 6.10 Å². The Labute approximate surface area is 201 Å². The number of rotatable bonds is 5. The van der Waals surface area contributed by atoms with Crippen molar-refractivity contribution in [1.29, 1.82) is 0 Å². The Morgan fingerprint density at radius 1 is 1.24 bits per heavy atom. The molecule has 0 amide bonds. The summed E-state index contributed by atoms with van der Waals surface area (Å²) >= 11 is 0. The van der Waals surface area contributed by atoms with Crippen molar-refractivity contribution in [3.05, 3.63) is 34.4 Å². The maximum Gasteiger partial charge on any atom is 0.330 e. The number of hydrogen-bond donors (Lipinski definition) is 2. The Balaban J connectivity index is 1.64. The molecule has 4 unspecified atom stereocenters. The molecule has 2 N–H and O–H groups in total. The fraction of sp³-hybridized carbons (Fsp3) is 0.767. The fourth-order valence-corrected chi connectivity index (χ4v) is 8.78. The molecular weight excluding hydrogens is 408 g/mol. The maximum absolute atomic E-state index is 11.1. The van der Waals surface area contributed by atoms with Crippen molar-refractivity contribution in [3.63, 3.8) is 0 Å². The van der Waals surface area contributed by atoms with Gasteiger partial charge in [-0.25, -0.2) is 4.79 Å². The Morgan fingerprint density at radius 2 is 1.94 bits per heavy atom. The number of allylic oxidation sites excluding steroid dienone is 5. The molecule has 0 spiro atoms. The summed E-state index contributed by atoms with van der Waals surface area (Å²) in [6, 6.07) is 0. The van der Waals surface area contributed by atoms with Crippen molar-refractivity contribution in [3.8, 4) is 0 Å². The minimum atomic E-state index is -0.806. The van der Waals surface area contributed by atoms with Crippen molar-refractivity contribution in [2.24, 2.45) is 39.9 Å². The monoisotopic (exact) mass is 454 g/mol. The van der Waals surface area contributed by atoms with Gasteiger partial charge >= 0.3 is 5.97 Å². The van der Waals surface area contributed by atoms with E-state index in [4.69, 9.17) is 5.11 Å². The molecular formula is C30H46O3. The number of aliphatic hydroxyl groups is 1. The molecule has 4 aliphatic carbocycles. The molecule has 184 valence electrons. The van der Waals surface area contributed by atoms with Crippen LogP contribution in [-0.2, 0) is 4.79 Å². The lowest BCUT2D eigenvalue weighted by Gasteiger charge is -2.62. The average molecular weight is 455 g/mol. The van der Waals surface area contributed by atoms with Gasteiger partial charge in [0, 0.05) is 11.0 Å². The molecule has 4 aliphatic rings.